The summed E-state index contributed by atoms with van der Waals surface area (Å²) in [5.41, 5.74) is 0.484. The largest absolute Gasteiger partial charge is 0.352 e. The molecule has 1 saturated carbocycles. The lowest BCUT2D eigenvalue weighted by molar-refractivity contribution is -0.121. The van der Waals surface area contributed by atoms with Crippen molar-refractivity contribution < 1.29 is 4.79 Å². The molecule has 0 spiro atoms. The Balaban J connectivity index is 1.80. The van der Waals surface area contributed by atoms with Gasteiger partial charge in [-0.3, -0.25) is 4.79 Å². The molecule has 2 rings (SSSR count). The molecule has 0 aromatic carbocycles. The molecule has 1 unspecified atom stereocenters. The van der Waals surface area contributed by atoms with Gasteiger partial charge in [0.05, 0.1) is 0 Å². The summed E-state index contributed by atoms with van der Waals surface area (Å²) < 4.78 is 0. The van der Waals surface area contributed by atoms with Crippen LogP contribution in [0.2, 0.25) is 0 Å². The first-order chi connectivity index (χ1) is 7.35. The van der Waals surface area contributed by atoms with Gasteiger partial charge in [-0.05, 0) is 30.2 Å². The highest BCUT2D eigenvalue weighted by molar-refractivity contribution is 5.77. The van der Waals surface area contributed by atoms with Gasteiger partial charge in [-0.15, -0.1) is 0 Å². The zero-order valence-corrected chi connectivity index (χ0v) is 10.9. The summed E-state index contributed by atoms with van der Waals surface area (Å²) in [6.07, 6.45) is 2.99. The van der Waals surface area contributed by atoms with Crippen molar-refractivity contribution in [1.82, 2.24) is 10.6 Å². The summed E-state index contributed by atoms with van der Waals surface area (Å²) in [7, 11) is 0. The molecule has 16 heavy (non-hydrogen) atoms. The van der Waals surface area contributed by atoms with Crippen LogP contribution in [0.3, 0.4) is 0 Å². The van der Waals surface area contributed by atoms with Gasteiger partial charge in [-0.1, -0.05) is 27.7 Å². The Morgan fingerprint density at radius 2 is 1.94 bits per heavy atom. The second-order valence-corrected chi connectivity index (χ2v) is 6.44. The van der Waals surface area contributed by atoms with E-state index in [-0.39, 0.29) is 16.7 Å². The summed E-state index contributed by atoms with van der Waals surface area (Å²) in [5, 5.41) is 6.54. The molecule has 1 amide bonds. The van der Waals surface area contributed by atoms with Gasteiger partial charge in [-0.2, -0.15) is 0 Å². The highest BCUT2D eigenvalue weighted by Gasteiger charge is 2.65. The molecular formula is C13H24N2O. The average Bonchev–Trinajstić information content (AvgIpc) is 2.63. The van der Waals surface area contributed by atoms with E-state index in [1.54, 1.807) is 0 Å². The van der Waals surface area contributed by atoms with Crippen LogP contribution in [0.15, 0.2) is 0 Å². The van der Waals surface area contributed by atoms with Crippen molar-refractivity contribution in [3.05, 3.63) is 0 Å². The summed E-state index contributed by atoms with van der Waals surface area (Å²) in [6.45, 7) is 9.98. The third-order valence-electron chi connectivity index (χ3n) is 4.92. The van der Waals surface area contributed by atoms with Crippen LogP contribution in [0.5, 0.6) is 0 Å². The molecule has 1 heterocycles. The second kappa shape index (κ2) is 3.73. The first-order valence-electron chi connectivity index (χ1n) is 6.38. The van der Waals surface area contributed by atoms with Gasteiger partial charge >= 0.3 is 0 Å². The molecule has 1 saturated heterocycles. The van der Waals surface area contributed by atoms with Crippen LogP contribution in [-0.2, 0) is 4.79 Å². The Morgan fingerprint density at radius 3 is 2.38 bits per heavy atom. The van der Waals surface area contributed by atoms with E-state index in [1.807, 2.05) is 0 Å². The van der Waals surface area contributed by atoms with E-state index in [0.29, 0.717) is 18.5 Å². The zero-order chi connectivity index (χ0) is 12.0. The zero-order valence-electron chi connectivity index (χ0n) is 10.9. The average molecular weight is 224 g/mol. The van der Waals surface area contributed by atoms with Crippen molar-refractivity contribution in [2.45, 2.75) is 59.0 Å². The van der Waals surface area contributed by atoms with Crippen LogP contribution in [-0.4, -0.2) is 24.5 Å². The first-order valence-corrected chi connectivity index (χ1v) is 6.38. The Hall–Kier alpha value is -0.570. The van der Waals surface area contributed by atoms with Crippen molar-refractivity contribution in [3.63, 3.8) is 0 Å². The number of hydrogen-bond acceptors (Lipinski definition) is 2. The first kappa shape index (κ1) is 11.9. The molecule has 0 aromatic rings. The fourth-order valence-electron chi connectivity index (χ4n) is 2.93. The summed E-state index contributed by atoms with van der Waals surface area (Å²) in [4.78, 5) is 11.9. The lowest BCUT2D eigenvalue weighted by Crippen LogP contribution is -2.35. The molecule has 3 heteroatoms. The van der Waals surface area contributed by atoms with Crippen LogP contribution < -0.4 is 10.6 Å². The summed E-state index contributed by atoms with van der Waals surface area (Å²) >= 11 is 0. The number of carbonyl (C=O) groups excluding carboxylic acids is 1. The minimum Gasteiger partial charge on any atom is -0.352 e. The van der Waals surface area contributed by atoms with Gasteiger partial charge in [0.1, 0.15) is 0 Å². The van der Waals surface area contributed by atoms with Gasteiger partial charge in [0.15, 0.2) is 0 Å². The fraction of sp³-hybridized carbons (Fsp3) is 0.923. The molecule has 3 nitrogen and oxygen atoms in total. The predicted molar refractivity (Wildman–Crippen MR) is 65.1 cm³/mol. The van der Waals surface area contributed by atoms with Gasteiger partial charge in [0.25, 0.3) is 0 Å². The minimum absolute atomic E-state index is 0.211. The SMILES string of the molecule is CC1(C)C(NC(=O)CC2CCCN2)C1(C)C. The number of carbonyl (C=O) groups is 1. The molecule has 2 aliphatic rings. The van der Waals surface area contributed by atoms with Gasteiger partial charge < -0.3 is 10.6 Å². The third kappa shape index (κ3) is 1.86. The lowest BCUT2D eigenvalue weighted by Gasteiger charge is -2.11. The van der Waals surface area contributed by atoms with Gasteiger partial charge in [0, 0.05) is 18.5 Å². The number of hydrogen-bond donors (Lipinski definition) is 2. The van der Waals surface area contributed by atoms with E-state index in [9.17, 15) is 4.79 Å². The predicted octanol–water partition coefficient (Wildman–Crippen LogP) is 1.68. The van der Waals surface area contributed by atoms with Crippen molar-refractivity contribution in [2.24, 2.45) is 10.8 Å². The molecule has 1 aliphatic heterocycles. The van der Waals surface area contributed by atoms with E-state index in [1.165, 1.54) is 6.42 Å². The van der Waals surface area contributed by atoms with E-state index < -0.39 is 0 Å². The van der Waals surface area contributed by atoms with Crippen molar-refractivity contribution >= 4 is 5.91 Å². The Morgan fingerprint density at radius 1 is 1.31 bits per heavy atom. The Labute approximate surface area is 98.4 Å². The van der Waals surface area contributed by atoms with Crippen LogP contribution in [0.1, 0.15) is 47.0 Å². The fourth-order valence-corrected chi connectivity index (χ4v) is 2.93. The monoisotopic (exact) mass is 224 g/mol. The van der Waals surface area contributed by atoms with Crippen LogP contribution in [0.4, 0.5) is 0 Å². The van der Waals surface area contributed by atoms with Crippen LogP contribution in [0, 0.1) is 10.8 Å². The number of rotatable bonds is 3. The Kier molecular flexibility index (Phi) is 2.77. The molecule has 2 N–H and O–H groups in total. The van der Waals surface area contributed by atoms with E-state index in [2.05, 4.69) is 38.3 Å². The number of nitrogens with one attached hydrogen (secondary N) is 2. The maximum Gasteiger partial charge on any atom is 0.221 e. The quantitative estimate of drug-likeness (QED) is 0.766. The lowest BCUT2D eigenvalue weighted by atomic mass is 10.0. The second-order valence-electron chi connectivity index (χ2n) is 6.44. The molecule has 92 valence electrons. The topological polar surface area (TPSA) is 41.1 Å². The van der Waals surface area contributed by atoms with Crippen molar-refractivity contribution in [1.29, 1.82) is 0 Å². The normalized spacial score (nSPS) is 31.4. The van der Waals surface area contributed by atoms with Crippen molar-refractivity contribution in [2.75, 3.05) is 6.54 Å². The molecular weight excluding hydrogens is 200 g/mol. The van der Waals surface area contributed by atoms with E-state index in [0.717, 1.165) is 13.0 Å². The number of amides is 1. The Bertz CT molecular complexity index is 276. The van der Waals surface area contributed by atoms with E-state index >= 15 is 0 Å². The molecule has 1 atom stereocenters. The molecule has 0 radical (unpaired) electrons. The van der Waals surface area contributed by atoms with Crippen LogP contribution in [0.25, 0.3) is 0 Å². The van der Waals surface area contributed by atoms with Crippen molar-refractivity contribution in [3.8, 4) is 0 Å². The van der Waals surface area contributed by atoms with E-state index in [4.69, 9.17) is 0 Å². The molecule has 2 fully saturated rings. The molecule has 0 bridgehead atoms. The van der Waals surface area contributed by atoms with Gasteiger partial charge in [0.2, 0.25) is 5.91 Å². The highest BCUT2D eigenvalue weighted by atomic mass is 16.1. The standard InChI is InChI=1S/C13H24N2O/c1-12(2)11(13(12,3)4)15-10(16)8-9-6-5-7-14-9/h9,11,14H,5-8H2,1-4H3,(H,15,16). The smallest absolute Gasteiger partial charge is 0.221 e. The summed E-state index contributed by atoms with van der Waals surface area (Å²) in [5.74, 6) is 0.211. The maximum absolute atomic E-state index is 11.9. The highest BCUT2D eigenvalue weighted by Crippen LogP contribution is 2.62. The summed E-state index contributed by atoms with van der Waals surface area (Å²) in [6, 6.07) is 0.749. The third-order valence-corrected chi connectivity index (χ3v) is 4.92. The van der Waals surface area contributed by atoms with Gasteiger partial charge in [-0.25, -0.2) is 0 Å². The minimum atomic E-state index is 0.211. The molecule has 1 aliphatic carbocycles. The van der Waals surface area contributed by atoms with Crippen LogP contribution >= 0.6 is 0 Å². The maximum atomic E-state index is 11.9. The molecule has 0 aromatic heterocycles.